The number of carboxylic acid groups (broad SMARTS) is 1. The second kappa shape index (κ2) is 5.90. The van der Waals surface area contributed by atoms with Crippen molar-refractivity contribution in [1.82, 2.24) is 0 Å². The van der Waals surface area contributed by atoms with Gasteiger partial charge in [0.25, 0.3) is 0 Å². The number of fused-ring (bicyclic) bond motifs is 3. The van der Waals surface area contributed by atoms with Crippen LogP contribution in [0.4, 0.5) is 18.9 Å². The second-order valence-corrected chi connectivity index (χ2v) is 6.67. The fourth-order valence-corrected chi connectivity index (χ4v) is 4.04. The highest BCUT2D eigenvalue weighted by atomic mass is 19.4. The van der Waals surface area contributed by atoms with E-state index in [0.29, 0.717) is 23.2 Å². The van der Waals surface area contributed by atoms with E-state index in [1.165, 1.54) is 12.1 Å². The van der Waals surface area contributed by atoms with Crippen molar-refractivity contribution in [3.05, 3.63) is 76.9 Å². The van der Waals surface area contributed by atoms with Crippen molar-refractivity contribution in [1.29, 1.82) is 0 Å². The summed E-state index contributed by atoms with van der Waals surface area (Å²) in [5, 5.41) is 12.8. The first-order valence-electron chi connectivity index (χ1n) is 8.33. The number of alkyl halides is 3. The van der Waals surface area contributed by atoms with E-state index in [4.69, 9.17) is 0 Å². The molecule has 0 aromatic heterocycles. The van der Waals surface area contributed by atoms with Gasteiger partial charge in [0, 0.05) is 11.6 Å². The lowest BCUT2D eigenvalue weighted by atomic mass is 9.76. The summed E-state index contributed by atoms with van der Waals surface area (Å²) in [6, 6.07) is 10.2. The summed E-state index contributed by atoms with van der Waals surface area (Å²) < 4.78 is 39.2. The molecular formula is C20H16F3NO2. The summed E-state index contributed by atoms with van der Waals surface area (Å²) in [7, 11) is 0. The van der Waals surface area contributed by atoms with Crippen LogP contribution in [0.15, 0.2) is 54.6 Å². The molecule has 2 aromatic carbocycles. The number of hydrogen-bond donors (Lipinski definition) is 2. The first kappa shape index (κ1) is 16.7. The van der Waals surface area contributed by atoms with Crippen molar-refractivity contribution in [3.63, 3.8) is 0 Å². The number of rotatable bonds is 2. The topological polar surface area (TPSA) is 49.3 Å². The van der Waals surface area contributed by atoms with Crippen LogP contribution in [0, 0.1) is 5.92 Å². The molecule has 4 rings (SSSR count). The monoisotopic (exact) mass is 359 g/mol. The largest absolute Gasteiger partial charge is 0.478 e. The smallest absolute Gasteiger partial charge is 0.416 e. The SMILES string of the molecule is O=C(O)c1ccccc1[C@@H]1Nc2ccc(C(F)(F)F)cc2[C@@H]2C=CC[C@H]21. The number of carboxylic acids is 1. The van der Waals surface area contributed by atoms with Crippen molar-refractivity contribution in [3.8, 4) is 0 Å². The fraction of sp³-hybridized carbons (Fsp3) is 0.250. The van der Waals surface area contributed by atoms with Crippen LogP contribution >= 0.6 is 0 Å². The van der Waals surface area contributed by atoms with E-state index in [1.807, 2.05) is 12.2 Å². The maximum absolute atomic E-state index is 13.1. The van der Waals surface area contributed by atoms with Gasteiger partial charge in [0.05, 0.1) is 17.2 Å². The highest BCUT2D eigenvalue weighted by Crippen LogP contribution is 2.51. The van der Waals surface area contributed by atoms with Crippen LogP contribution in [-0.2, 0) is 6.18 Å². The Morgan fingerprint density at radius 3 is 2.62 bits per heavy atom. The molecule has 6 heteroatoms. The third kappa shape index (κ3) is 2.66. The van der Waals surface area contributed by atoms with Crippen LogP contribution < -0.4 is 5.32 Å². The Hall–Kier alpha value is -2.76. The van der Waals surface area contributed by atoms with Gasteiger partial charge in [-0.1, -0.05) is 30.4 Å². The van der Waals surface area contributed by atoms with Gasteiger partial charge in [-0.3, -0.25) is 0 Å². The van der Waals surface area contributed by atoms with Crippen molar-refractivity contribution in [2.45, 2.75) is 24.6 Å². The molecule has 0 fully saturated rings. The third-order valence-electron chi connectivity index (χ3n) is 5.22. The Balaban J connectivity index is 1.80. The zero-order valence-corrected chi connectivity index (χ0v) is 13.6. The van der Waals surface area contributed by atoms with Crippen LogP contribution in [0.1, 0.15) is 45.4 Å². The standard InChI is InChI=1S/C20H16F3NO2/c21-20(22,23)11-8-9-17-16(10-11)12-6-3-7-13(12)18(24-17)14-4-1-2-5-15(14)19(25)26/h1-6,8-10,12-13,18,24H,7H2,(H,25,26)/t12-,13-,18-/m1/s1. The number of allylic oxidation sites excluding steroid dienone is 2. The van der Waals surface area contributed by atoms with E-state index >= 15 is 0 Å². The molecule has 2 aromatic rings. The summed E-state index contributed by atoms with van der Waals surface area (Å²) in [6.45, 7) is 0. The molecule has 1 aliphatic heterocycles. The van der Waals surface area contributed by atoms with E-state index < -0.39 is 17.7 Å². The molecule has 0 bridgehead atoms. The molecule has 0 amide bonds. The van der Waals surface area contributed by atoms with Gasteiger partial charge in [-0.25, -0.2) is 4.79 Å². The predicted octanol–water partition coefficient (Wildman–Crippen LogP) is 5.23. The summed E-state index contributed by atoms with van der Waals surface area (Å²) in [4.78, 5) is 11.6. The molecule has 0 saturated carbocycles. The first-order chi connectivity index (χ1) is 12.4. The van der Waals surface area contributed by atoms with Crippen molar-refractivity contribution < 1.29 is 23.1 Å². The quantitative estimate of drug-likeness (QED) is 0.722. The lowest BCUT2D eigenvalue weighted by Gasteiger charge is -2.38. The molecular weight excluding hydrogens is 343 g/mol. The second-order valence-electron chi connectivity index (χ2n) is 6.67. The number of nitrogens with one attached hydrogen (secondary N) is 1. The van der Waals surface area contributed by atoms with Crippen LogP contribution in [0.2, 0.25) is 0 Å². The highest BCUT2D eigenvalue weighted by Gasteiger charge is 2.40. The maximum Gasteiger partial charge on any atom is 0.416 e. The summed E-state index contributed by atoms with van der Waals surface area (Å²) >= 11 is 0. The van der Waals surface area contributed by atoms with Gasteiger partial charge < -0.3 is 10.4 Å². The number of halogens is 3. The molecule has 0 saturated heterocycles. The van der Waals surface area contributed by atoms with Crippen LogP contribution in [0.25, 0.3) is 0 Å². The van der Waals surface area contributed by atoms with E-state index in [1.54, 1.807) is 24.3 Å². The number of hydrogen-bond acceptors (Lipinski definition) is 2. The lowest BCUT2D eigenvalue weighted by molar-refractivity contribution is -0.137. The molecule has 2 aliphatic rings. The average molecular weight is 359 g/mol. The molecule has 3 nitrogen and oxygen atoms in total. The Labute approximate surface area is 148 Å². The van der Waals surface area contributed by atoms with Gasteiger partial charge in [-0.05, 0) is 47.7 Å². The number of aromatic carboxylic acids is 1. The number of carbonyl (C=O) groups is 1. The minimum Gasteiger partial charge on any atom is -0.478 e. The molecule has 3 atom stereocenters. The van der Waals surface area contributed by atoms with E-state index in [9.17, 15) is 23.1 Å². The predicted molar refractivity (Wildman–Crippen MR) is 91.2 cm³/mol. The van der Waals surface area contributed by atoms with E-state index in [-0.39, 0.29) is 23.4 Å². The van der Waals surface area contributed by atoms with Gasteiger partial charge in [-0.2, -0.15) is 13.2 Å². The Bertz CT molecular complexity index is 904. The van der Waals surface area contributed by atoms with Crippen LogP contribution in [-0.4, -0.2) is 11.1 Å². The zero-order valence-electron chi connectivity index (χ0n) is 13.6. The molecule has 2 N–H and O–H groups in total. The van der Waals surface area contributed by atoms with Crippen molar-refractivity contribution in [2.75, 3.05) is 5.32 Å². The van der Waals surface area contributed by atoms with Gasteiger partial charge in [0.1, 0.15) is 0 Å². The summed E-state index contributed by atoms with van der Waals surface area (Å²) in [5.74, 6) is -1.20. The number of anilines is 1. The van der Waals surface area contributed by atoms with Gasteiger partial charge >= 0.3 is 12.1 Å². The third-order valence-corrected chi connectivity index (χ3v) is 5.22. The summed E-state index contributed by atoms with van der Waals surface area (Å²) in [5.41, 5.74) is 1.44. The minimum absolute atomic E-state index is 0.0218. The van der Waals surface area contributed by atoms with Gasteiger partial charge in [0.15, 0.2) is 0 Å². The molecule has 0 radical (unpaired) electrons. The van der Waals surface area contributed by atoms with E-state index in [0.717, 1.165) is 6.07 Å². The number of benzene rings is 2. The average Bonchev–Trinajstić information content (AvgIpc) is 3.09. The normalized spacial score (nSPS) is 23.9. The first-order valence-corrected chi connectivity index (χ1v) is 8.33. The molecule has 26 heavy (non-hydrogen) atoms. The van der Waals surface area contributed by atoms with Gasteiger partial charge in [0.2, 0.25) is 0 Å². The highest BCUT2D eigenvalue weighted by molar-refractivity contribution is 5.89. The molecule has 1 aliphatic carbocycles. The summed E-state index contributed by atoms with van der Waals surface area (Å²) in [6.07, 6.45) is 0.190. The molecule has 1 heterocycles. The Morgan fingerprint density at radius 1 is 1.12 bits per heavy atom. The Morgan fingerprint density at radius 2 is 1.88 bits per heavy atom. The minimum atomic E-state index is -4.39. The lowest BCUT2D eigenvalue weighted by Crippen LogP contribution is -2.30. The van der Waals surface area contributed by atoms with Crippen molar-refractivity contribution in [2.24, 2.45) is 5.92 Å². The van der Waals surface area contributed by atoms with E-state index in [2.05, 4.69) is 5.32 Å². The van der Waals surface area contributed by atoms with Crippen LogP contribution in [0.5, 0.6) is 0 Å². The van der Waals surface area contributed by atoms with Crippen LogP contribution in [0.3, 0.4) is 0 Å². The Kier molecular flexibility index (Phi) is 3.79. The zero-order chi connectivity index (χ0) is 18.5. The fourth-order valence-electron chi connectivity index (χ4n) is 4.04. The molecule has 0 spiro atoms. The molecule has 134 valence electrons. The van der Waals surface area contributed by atoms with Crippen molar-refractivity contribution >= 4 is 11.7 Å². The van der Waals surface area contributed by atoms with Gasteiger partial charge in [-0.15, -0.1) is 0 Å². The molecule has 0 unspecified atom stereocenters. The maximum atomic E-state index is 13.1.